The van der Waals surface area contributed by atoms with Crippen LogP contribution in [0.5, 0.6) is 0 Å². The number of aliphatic imine (C=N–C) groups is 1. The van der Waals surface area contributed by atoms with Gasteiger partial charge >= 0.3 is 11.9 Å². The number of carbonyl (C=O) groups is 2. The second kappa shape index (κ2) is 42.3. The smallest absolute Gasteiger partial charge is 0.364 e. The number of nitrogens with zero attached hydrogens (tertiary/aromatic N) is 1. The van der Waals surface area contributed by atoms with Crippen LogP contribution in [0.1, 0.15) is 33.6 Å². The van der Waals surface area contributed by atoms with Crippen molar-refractivity contribution >= 4 is 17.8 Å². The molecule has 55 nitrogen and oxygen atoms in total. The predicted octanol–water partition coefficient (Wildman–Crippen LogP) is -20.4. The first-order valence-corrected chi connectivity index (χ1v) is 40.1. The molecule has 0 aromatic rings. The highest BCUT2D eigenvalue weighted by Gasteiger charge is 2.65. The normalized spacial score (nSPS) is 50.7. The summed E-state index contributed by atoms with van der Waals surface area (Å²) in [4.78, 5) is 29.9. The van der Waals surface area contributed by atoms with E-state index < -0.39 is 409 Å². The van der Waals surface area contributed by atoms with E-state index in [1.165, 1.54) is 20.8 Å². The van der Waals surface area contributed by atoms with E-state index in [1.807, 2.05) is 0 Å². The van der Waals surface area contributed by atoms with Crippen LogP contribution >= 0.6 is 0 Å². The van der Waals surface area contributed by atoms with Gasteiger partial charge in [0.05, 0.1) is 109 Å². The number of rotatable bonds is 34. The summed E-state index contributed by atoms with van der Waals surface area (Å²) in [5, 5.41) is 331. The number of aliphatic hydroxyl groups is 28. The van der Waals surface area contributed by atoms with E-state index in [0.717, 1.165) is 0 Å². The Morgan fingerprint density at radius 2 is 0.824 bits per heavy atom. The molecule has 0 aromatic heterocycles. The maximum atomic E-state index is 12.9. The third-order valence-electron chi connectivity index (χ3n) is 24.5. The number of ether oxygens (including phenoxy) is 20. The fraction of sp³-hybridized carbons (Fsp3) is 0.957. The van der Waals surface area contributed by atoms with Gasteiger partial charge in [0.1, 0.15) is 201 Å². The summed E-state index contributed by atoms with van der Waals surface area (Å²) in [7, 11) is 0. The highest BCUT2D eigenvalue weighted by atomic mass is 16.8. The molecule has 11 aliphatic rings. The highest BCUT2D eigenvalue weighted by Crippen LogP contribution is 2.45. The maximum Gasteiger partial charge on any atom is 0.364 e. The van der Waals surface area contributed by atoms with Crippen molar-refractivity contribution in [1.82, 2.24) is 0 Å². The Hall–Kier alpha value is -3.55. The predicted molar refractivity (Wildman–Crippen MR) is 384 cm³/mol. The summed E-state index contributed by atoms with van der Waals surface area (Å²) in [6.45, 7) is -8.38. The van der Waals surface area contributed by atoms with E-state index in [2.05, 4.69) is 4.99 Å². The first-order valence-electron chi connectivity index (χ1n) is 40.1. The van der Waals surface area contributed by atoms with Gasteiger partial charge in [0.25, 0.3) is 11.6 Å². The summed E-state index contributed by atoms with van der Waals surface area (Å²) < 4.78 is 118. The van der Waals surface area contributed by atoms with Gasteiger partial charge in [-0.1, -0.05) is 13.8 Å². The number of carboxylic acids is 2. The van der Waals surface area contributed by atoms with Gasteiger partial charge in [-0.3, -0.25) is 0 Å². The van der Waals surface area contributed by atoms with Crippen LogP contribution in [0.15, 0.2) is 4.99 Å². The van der Waals surface area contributed by atoms with Crippen LogP contribution in [0.4, 0.5) is 0 Å². The number of aliphatic carboxylic acids is 2. The molecule has 125 heavy (non-hydrogen) atoms. The Morgan fingerprint density at radius 3 is 1.29 bits per heavy atom. The minimum atomic E-state index is -3.05. The molecule has 0 aliphatic carbocycles. The van der Waals surface area contributed by atoms with Crippen molar-refractivity contribution in [3.63, 3.8) is 0 Å². The van der Waals surface area contributed by atoms with Crippen LogP contribution in [0, 0.1) is 11.8 Å². The number of hydrogen-bond donors (Lipinski definition) is 32. The molecule has 10 saturated heterocycles. The number of nitrogens with two attached hydrogens (primary N) is 2. The van der Waals surface area contributed by atoms with Gasteiger partial charge in [0.15, 0.2) is 49.9 Å². The van der Waals surface area contributed by atoms with Crippen molar-refractivity contribution in [2.24, 2.45) is 28.3 Å². The first kappa shape index (κ1) is 102. The van der Waals surface area contributed by atoms with E-state index in [4.69, 9.17) is 106 Å². The molecular weight excluding hydrogens is 1710 g/mol. The van der Waals surface area contributed by atoms with E-state index in [1.54, 1.807) is 0 Å². The molecule has 0 radical (unpaired) electrons. The molecule has 724 valence electrons. The number of fused-ring (bicyclic) bond motifs is 1. The zero-order valence-corrected chi connectivity index (χ0v) is 66.9. The third kappa shape index (κ3) is 20.5. The quantitative estimate of drug-likeness (QED) is 0.0284. The molecule has 0 amide bonds. The van der Waals surface area contributed by atoms with Crippen LogP contribution < -0.4 is 11.5 Å². The average Bonchev–Trinajstić information content (AvgIpc) is 1.17. The molecule has 0 bridgehead atoms. The van der Waals surface area contributed by atoms with E-state index in [9.17, 15) is 163 Å². The topological polar surface area (TPSA) is 890 Å². The second-order valence-electron chi connectivity index (χ2n) is 32.6. The summed E-state index contributed by atoms with van der Waals surface area (Å²) in [6, 6.07) is -4.58. The van der Waals surface area contributed by atoms with Crippen LogP contribution in [-0.2, 0) is 104 Å². The average molecular weight is 1830 g/mol. The molecule has 10 fully saturated rings. The molecule has 11 aliphatic heterocycles. The maximum absolute atomic E-state index is 12.9. The molecule has 34 N–H and O–H groups in total. The summed E-state index contributed by atoms with van der Waals surface area (Å²) in [6.07, 6.45) is -89.1. The molecule has 0 aromatic carbocycles. The van der Waals surface area contributed by atoms with Crippen molar-refractivity contribution < 1.29 is 258 Å². The van der Waals surface area contributed by atoms with Gasteiger partial charge in [-0.25, -0.2) is 14.6 Å². The number of carboxylic acid groups (broad SMARTS) is 2. The molecule has 0 saturated carbocycles. The Balaban J connectivity index is 0.806. The third-order valence-corrected chi connectivity index (χ3v) is 24.5. The van der Waals surface area contributed by atoms with Crippen LogP contribution in [0.3, 0.4) is 0 Å². The first-order chi connectivity index (χ1) is 59.0. The molecule has 48 unspecified atom stereocenters. The van der Waals surface area contributed by atoms with Gasteiger partial charge in [-0.05, 0) is 0 Å². The van der Waals surface area contributed by atoms with E-state index in [-0.39, 0.29) is 5.90 Å². The zero-order chi connectivity index (χ0) is 92.0. The molecule has 11 heterocycles. The standard InChI is InChI=1S/C70H117N3O52/c1-17-34(86)50(118-61-47(99)43(95)39(91)29(116-61)14-107-69(66(102)103)4-20(82)32(71)53(124-69)36(88)22(84)6-74)25(9-77)112-58(17)122-55-45(97)37(89)23(7-75)110-64(55)106-13-28-41(93)54(49(101)63(115-28)120-52-27(11-79)114-60-33(42(52)94)73-19(3)109-60)121-65-56(46(98)38(90)24(8-76)111-65)123-59-18(2)35(87)51(26(10-78)113-59)119-62-48(100)44(96)40(92)30(117-62)15-108-70(67(104)105)5-21(83)57(72)68(16-81,125-70)31(85)12-80/h17-18,20-65,74-101H,4-16,71-72H2,1-3H3,(H,102,103)(H,104,105)/t17?,18?,20?,21?,22-,23?,24?,25?,26?,27?,28?,29?,30?,31-,32?,33?,34?,35?,36-,37?,38?,39?,40?,41?,42?,43?,44?,45?,46?,47?,48?,49?,50?,51?,52?,53?,54?,55?,56?,57?,58?,59?,60?,61?,62?,63?,64?,65?,68?,69?,70?/m1/s1. The zero-order valence-electron chi connectivity index (χ0n) is 66.9. The van der Waals surface area contributed by atoms with Crippen LogP contribution in [0.2, 0.25) is 0 Å². The number of aliphatic hydroxyl groups excluding tert-OH is 28. The lowest BCUT2D eigenvalue weighted by Gasteiger charge is -2.52. The van der Waals surface area contributed by atoms with Gasteiger partial charge in [-0.2, -0.15) is 0 Å². The molecule has 55 heteroatoms. The lowest BCUT2D eigenvalue weighted by molar-refractivity contribution is -0.400. The van der Waals surface area contributed by atoms with Crippen LogP contribution in [-0.4, -0.2) is 543 Å². The molecule has 51 atom stereocenters. The lowest BCUT2D eigenvalue weighted by atomic mass is 9.80. The summed E-state index contributed by atoms with van der Waals surface area (Å²) in [5.74, 6) is -12.9. The van der Waals surface area contributed by atoms with Gasteiger partial charge in [-0.15, -0.1) is 0 Å². The minimum absolute atomic E-state index is 0.0270. The van der Waals surface area contributed by atoms with E-state index in [0.29, 0.717) is 0 Å². The van der Waals surface area contributed by atoms with Crippen molar-refractivity contribution in [2.75, 3.05) is 72.7 Å². The molecular formula is C70H117N3O52. The molecule has 11 rings (SSSR count). The number of hydrogen-bond acceptors (Lipinski definition) is 53. The van der Waals surface area contributed by atoms with Crippen molar-refractivity contribution in [2.45, 2.75) is 333 Å². The second-order valence-corrected chi connectivity index (χ2v) is 32.6. The minimum Gasteiger partial charge on any atom is -0.477 e. The van der Waals surface area contributed by atoms with Gasteiger partial charge < -0.3 is 259 Å². The Morgan fingerprint density at radius 1 is 0.424 bits per heavy atom. The fourth-order valence-electron chi connectivity index (χ4n) is 16.8. The Kier molecular flexibility index (Phi) is 34.5. The monoisotopic (exact) mass is 1830 g/mol. The van der Waals surface area contributed by atoms with Crippen molar-refractivity contribution in [3.8, 4) is 0 Å². The largest absolute Gasteiger partial charge is 0.477 e. The van der Waals surface area contributed by atoms with E-state index >= 15 is 0 Å². The lowest BCUT2D eigenvalue weighted by Crippen LogP contribution is -2.74. The Bertz CT molecular complexity index is 3450. The van der Waals surface area contributed by atoms with Gasteiger partial charge in [0, 0.05) is 31.6 Å². The van der Waals surface area contributed by atoms with Gasteiger partial charge in [0.2, 0.25) is 6.29 Å². The SMILES string of the molecule is CC1=NC2C(O1)OC(CO)C(OC1OC(COC3OC(CO)C(O)C(O)C3OC3OC(CO)C(OC4OC(COC5(C(=O)O)CC(O)C(N)C([C@H](O)[C@H](O)CO)O5)C(O)C(O)C4O)C(O)C3C)C(O)C(OC3OC(CO)C(O)C(O)C3OC3OC(CO)C(OC4OC(COC5(C(=O)O)CC(O)C(N)C(CO)([C@H](O)CO)O5)C(O)C(O)C4O)C(O)C3C)C1O)C2O. The highest BCUT2D eigenvalue weighted by molar-refractivity contribution is 5.77. The fourth-order valence-corrected chi connectivity index (χ4v) is 16.8. The van der Waals surface area contributed by atoms with Crippen molar-refractivity contribution in [3.05, 3.63) is 0 Å². The molecule has 0 spiro atoms. The van der Waals surface area contributed by atoms with Crippen LogP contribution in [0.25, 0.3) is 0 Å². The summed E-state index contributed by atoms with van der Waals surface area (Å²) >= 11 is 0. The van der Waals surface area contributed by atoms with Crippen molar-refractivity contribution in [1.29, 1.82) is 0 Å². The summed E-state index contributed by atoms with van der Waals surface area (Å²) in [5.41, 5.74) is 9.37. The Labute approximate surface area is 707 Å².